The topological polar surface area (TPSA) is 84.8 Å². The number of para-hydroxylation sites is 1. The third-order valence-corrected chi connectivity index (χ3v) is 5.36. The molecule has 6 nitrogen and oxygen atoms in total. The van der Waals surface area contributed by atoms with Gasteiger partial charge in [-0.15, -0.1) is 0 Å². The van der Waals surface area contributed by atoms with Gasteiger partial charge in [0.05, 0.1) is 6.21 Å². The summed E-state index contributed by atoms with van der Waals surface area (Å²) < 4.78 is 30.3. The van der Waals surface area contributed by atoms with Gasteiger partial charge in [-0.2, -0.15) is 13.5 Å². The number of rotatable bonds is 6. The van der Waals surface area contributed by atoms with Gasteiger partial charge in [-0.3, -0.25) is 4.79 Å². The van der Waals surface area contributed by atoms with E-state index in [0.29, 0.717) is 11.1 Å². The van der Waals surface area contributed by atoms with Crippen molar-refractivity contribution in [2.75, 3.05) is 0 Å². The average molecular weight is 408 g/mol. The van der Waals surface area contributed by atoms with Crippen LogP contribution in [0, 0.1) is 13.8 Å². The van der Waals surface area contributed by atoms with Crippen molar-refractivity contribution in [2.45, 2.75) is 18.7 Å². The van der Waals surface area contributed by atoms with Crippen LogP contribution >= 0.6 is 0 Å². The molecular weight excluding hydrogens is 388 g/mol. The van der Waals surface area contributed by atoms with Crippen molar-refractivity contribution < 1.29 is 17.4 Å². The Hall–Kier alpha value is -3.45. The zero-order chi connectivity index (χ0) is 20.9. The summed E-state index contributed by atoms with van der Waals surface area (Å²) in [4.78, 5) is 12.2. The first-order chi connectivity index (χ1) is 13.8. The van der Waals surface area contributed by atoms with E-state index in [-0.39, 0.29) is 16.6 Å². The Morgan fingerprint density at radius 3 is 2.14 bits per heavy atom. The third-order valence-electron chi connectivity index (χ3n) is 4.11. The van der Waals surface area contributed by atoms with Gasteiger partial charge in [0.15, 0.2) is 5.75 Å². The minimum Gasteiger partial charge on any atom is -0.378 e. The molecule has 0 aliphatic carbocycles. The number of benzene rings is 3. The van der Waals surface area contributed by atoms with Crippen molar-refractivity contribution in [1.29, 1.82) is 0 Å². The van der Waals surface area contributed by atoms with Crippen molar-refractivity contribution >= 4 is 22.2 Å². The van der Waals surface area contributed by atoms with Crippen LogP contribution in [0.3, 0.4) is 0 Å². The number of nitrogens with one attached hydrogen (secondary N) is 1. The highest BCUT2D eigenvalue weighted by molar-refractivity contribution is 7.87. The molecular formula is C22H20N2O4S. The Morgan fingerprint density at radius 1 is 0.897 bits per heavy atom. The lowest BCUT2D eigenvalue weighted by molar-refractivity contribution is 0.0955. The van der Waals surface area contributed by atoms with E-state index in [1.54, 1.807) is 42.5 Å². The predicted octanol–water partition coefficient (Wildman–Crippen LogP) is 3.84. The molecule has 1 N–H and O–H groups in total. The summed E-state index contributed by atoms with van der Waals surface area (Å²) >= 11 is 0. The van der Waals surface area contributed by atoms with Crippen molar-refractivity contribution in [3.63, 3.8) is 0 Å². The molecule has 1 amide bonds. The molecule has 0 spiro atoms. The number of hydrazone groups is 1. The van der Waals surface area contributed by atoms with Gasteiger partial charge >= 0.3 is 10.1 Å². The number of nitrogens with zero attached hydrogens (tertiary/aromatic N) is 1. The molecule has 3 aromatic rings. The summed E-state index contributed by atoms with van der Waals surface area (Å²) in [6.07, 6.45) is 1.34. The Bertz CT molecular complexity index is 1140. The minimum atomic E-state index is -3.99. The Labute approximate surface area is 170 Å². The lowest BCUT2D eigenvalue weighted by Gasteiger charge is -2.09. The molecule has 0 aliphatic heterocycles. The molecule has 3 rings (SSSR count). The molecule has 29 heavy (non-hydrogen) atoms. The van der Waals surface area contributed by atoms with E-state index in [9.17, 15) is 13.2 Å². The first-order valence-corrected chi connectivity index (χ1v) is 10.3. The van der Waals surface area contributed by atoms with E-state index in [1.807, 2.05) is 26.0 Å². The molecule has 148 valence electrons. The molecule has 0 fully saturated rings. The number of aryl methyl sites for hydroxylation is 2. The van der Waals surface area contributed by atoms with E-state index in [0.717, 1.165) is 11.1 Å². The molecule has 3 aromatic carbocycles. The maximum atomic E-state index is 12.5. The maximum absolute atomic E-state index is 12.5. The Morgan fingerprint density at radius 2 is 1.48 bits per heavy atom. The second-order valence-electron chi connectivity index (χ2n) is 6.45. The Balaban J connectivity index is 1.75. The van der Waals surface area contributed by atoms with Gasteiger partial charge in [0.1, 0.15) is 4.90 Å². The number of hydrogen-bond donors (Lipinski definition) is 1. The van der Waals surface area contributed by atoms with E-state index in [4.69, 9.17) is 4.18 Å². The molecule has 0 unspecified atom stereocenters. The predicted molar refractivity (Wildman–Crippen MR) is 112 cm³/mol. The summed E-state index contributed by atoms with van der Waals surface area (Å²) in [6.45, 7) is 3.80. The highest BCUT2D eigenvalue weighted by Crippen LogP contribution is 2.22. The molecule has 0 bridgehead atoms. The fourth-order valence-electron chi connectivity index (χ4n) is 2.46. The first kappa shape index (κ1) is 20.3. The summed E-state index contributed by atoms with van der Waals surface area (Å²) in [5.41, 5.74) is 5.29. The molecule has 0 heterocycles. The van der Waals surface area contributed by atoms with E-state index < -0.39 is 10.1 Å². The van der Waals surface area contributed by atoms with Crippen molar-refractivity contribution in [2.24, 2.45) is 5.10 Å². The monoisotopic (exact) mass is 408 g/mol. The normalized spacial score (nSPS) is 11.4. The lowest BCUT2D eigenvalue weighted by Crippen LogP contribution is -2.17. The molecule has 0 atom stereocenters. The minimum absolute atomic E-state index is 0.0579. The van der Waals surface area contributed by atoms with Crippen LogP contribution in [0.25, 0.3) is 0 Å². The van der Waals surface area contributed by atoms with Crippen LogP contribution in [0.4, 0.5) is 0 Å². The summed E-state index contributed by atoms with van der Waals surface area (Å²) in [7, 11) is -3.99. The fourth-order valence-corrected chi connectivity index (χ4v) is 3.42. The number of carbonyl (C=O) groups excluding carboxylic acids is 1. The number of amides is 1. The highest BCUT2D eigenvalue weighted by atomic mass is 32.2. The second-order valence-corrected chi connectivity index (χ2v) is 8.00. The molecule has 0 saturated heterocycles. The zero-order valence-electron chi connectivity index (χ0n) is 16.0. The van der Waals surface area contributed by atoms with E-state index in [2.05, 4.69) is 10.5 Å². The lowest BCUT2D eigenvalue weighted by atomic mass is 10.1. The van der Waals surface area contributed by atoms with Crippen LogP contribution < -0.4 is 9.61 Å². The highest BCUT2D eigenvalue weighted by Gasteiger charge is 2.17. The van der Waals surface area contributed by atoms with Crippen LogP contribution in [0.5, 0.6) is 5.75 Å². The molecule has 7 heteroatoms. The molecule has 0 radical (unpaired) electrons. The third kappa shape index (κ3) is 5.30. The zero-order valence-corrected chi connectivity index (χ0v) is 16.8. The van der Waals surface area contributed by atoms with Crippen molar-refractivity contribution in [3.05, 3.63) is 95.1 Å². The van der Waals surface area contributed by atoms with Crippen LogP contribution in [0.2, 0.25) is 0 Å². The summed E-state index contributed by atoms with van der Waals surface area (Å²) in [6, 6.07) is 20.0. The fraction of sp³-hybridized carbons (Fsp3) is 0.0909. The Kier molecular flexibility index (Phi) is 6.09. The summed E-state index contributed by atoms with van der Waals surface area (Å²) in [5.74, 6) is -0.256. The van der Waals surface area contributed by atoms with Crippen LogP contribution in [0.1, 0.15) is 27.0 Å². The summed E-state index contributed by atoms with van der Waals surface area (Å²) in [5, 5.41) is 3.92. The van der Waals surface area contributed by atoms with Gasteiger partial charge in [0, 0.05) is 11.1 Å². The average Bonchev–Trinajstić information content (AvgIpc) is 2.70. The smallest absolute Gasteiger partial charge is 0.339 e. The quantitative estimate of drug-likeness (QED) is 0.382. The molecule has 0 aromatic heterocycles. The number of carbonyl (C=O) groups is 1. The molecule has 0 aliphatic rings. The van der Waals surface area contributed by atoms with Crippen molar-refractivity contribution in [1.82, 2.24) is 5.43 Å². The van der Waals surface area contributed by atoms with E-state index in [1.165, 1.54) is 24.4 Å². The molecule has 0 saturated carbocycles. The second kappa shape index (κ2) is 8.70. The van der Waals surface area contributed by atoms with Gasteiger partial charge in [-0.25, -0.2) is 5.43 Å². The van der Waals surface area contributed by atoms with Gasteiger partial charge < -0.3 is 4.18 Å². The van der Waals surface area contributed by atoms with Gasteiger partial charge in [0.25, 0.3) is 5.91 Å². The van der Waals surface area contributed by atoms with Gasteiger partial charge in [-0.05, 0) is 50.2 Å². The van der Waals surface area contributed by atoms with Gasteiger partial charge in [0.2, 0.25) is 0 Å². The van der Waals surface area contributed by atoms with E-state index >= 15 is 0 Å². The maximum Gasteiger partial charge on any atom is 0.339 e. The standard InChI is InChI=1S/C22H20N2O4S/c1-16-7-11-18(12-8-16)22(25)24-23-15-19-5-3-4-6-21(19)28-29(26,27)20-13-9-17(2)10-14-20/h3-15H,1-2H3,(H,24,25). The largest absolute Gasteiger partial charge is 0.378 e. The first-order valence-electron chi connectivity index (χ1n) is 8.85. The number of hydrogen-bond acceptors (Lipinski definition) is 5. The van der Waals surface area contributed by atoms with Crippen LogP contribution in [-0.4, -0.2) is 20.5 Å². The van der Waals surface area contributed by atoms with Crippen molar-refractivity contribution in [3.8, 4) is 5.75 Å². The SMILES string of the molecule is Cc1ccc(C(=O)NN=Cc2ccccc2OS(=O)(=O)c2ccc(C)cc2)cc1. The van der Waals surface area contributed by atoms with Gasteiger partial charge in [-0.1, -0.05) is 47.5 Å². The van der Waals surface area contributed by atoms with Crippen LogP contribution in [0.15, 0.2) is 82.8 Å². The van der Waals surface area contributed by atoms with Crippen LogP contribution in [-0.2, 0) is 10.1 Å².